The van der Waals surface area contributed by atoms with Crippen molar-refractivity contribution < 1.29 is 22.7 Å². The Labute approximate surface area is 185 Å². The topological polar surface area (TPSA) is 97.8 Å². The number of aromatic nitrogens is 1. The Morgan fingerprint density at radius 2 is 1.68 bits per heavy atom. The molecular weight excluding hydrogens is 438 g/mol. The number of hydrogen-bond acceptors (Lipinski definition) is 7. The van der Waals surface area contributed by atoms with Crippen LogP contribution in [0.15, 0.2) is 58.8 Å². The number of ether oxygens (including phenoxy) is 2. The molecule has 2 aromatic carbocycles. The van der Waals surface area contributed by atoms with E-state index >= 15 is 0 Å². The van der Waals surface area contributed by atoms with Crippen molar-refractivity contribution in [2.45, 2.75) is 18.7 Å². The van der Waals surface area contributed by atoms with Crippen molar-refractivity contribution in [3.63, 3.8) is 0 Å². The number of carbonyl (C=O) groups excluding carboxylic acids is 1. The van der Waals surface area contributed by atoms with Crippen molar-refractivity contribution in [2.24, 2.45) is 0 Å². The molecule has 0 atom stereocenters. The maximum atomic E-state index is 12.9. The molecule has 0 fully saturated rings. The van der Waals surface area contributed by atoms with Gasteiger partial charge in [0.05, 0.1) is 22.9 Å². The average Bonchev–Trinajstić information content (AvgIpc) is 3.17. The summed E-state index contributed by atoms with van der Waals surface area (Å²) in [6.45, 7) is 4.03. The third kappa shape index (κ3) is 5.74. The lowest BCUT2D eigenvalue weighted by Crippen LogP contribution is -2.26. The molecule has 1 heterocycles. The van der Waals surface area contributed by atoms with Crippen LogP contribution in [0, 0.1) is 6.92 Å². The molecule has 3 aromatic rings. The molecule has 8 nitrogen and oxygen atoms in total. The molecule has 1 amide bonds. The van der Waals surface area contributed by atoms with Crippen LogP contribution in [0.1, 0.15) is 12.6 Å². The van der Waals surface area contributed by atoms with Crippen LogP contribution in [0.3, 0.4) is 0 Å². The maximum Gasteiger partial charge on any atom is 0.264 e. The summed E-state index contributed by atoms with van der Waals surface area (Å²) in [7, 11) is -2.25. The van der Waals surface area contributed by atoms with Crippen molar-refractivity contribution in [3.8, 4) is 11.5 Å². The fourth-order valence-corrected chi connectivity index (χ4v) is 4.54. The minimum absolute atomic E-state index is 0.160. The van der Waals surface area contributed by atoms with Crippen LogP contribution in [0.25, 0.3) is 0 Å². The van der Waals surface area contributed by atoms with Gasteiger partial charge < -0.3 is 9.47 Å². The largest absolute Gasteiger partial charge is 0.494 e. The maximum absolute atomic E-state index is 12.9. The predicted octanol–water partition coefficient (Wildman–Crippen LogP) is 3.69. The molecule has 0 aliphatic carbocycles. The lowest BCUT2D eigenvalue weighted by atomic mass is 10.3. The van der Waals surface area contributed by atoms with E-state index in [0.717, 1.165) is 5.69 Å². The second-order valence-corrected chi connectivity index (χ2v) is 9.33. The van der Waals surface area contributed by atoms with Crippen molar-refractivity contribution in [3.05, 3.63) is 59.6 Å². The standard InChI is InChI=1S/C21H23N3O5S2/c1-4-28-17-9-11-19(12-10-17)31(26,27)24(3)16-5-7-18(8-6-16)29-13-20(25)23-21-22-15(2)14-30-21/h5-12,14H,4,13H2,1-3H3,(H,22,23,25). The Bertz CT molecular complexity index is 1130. The van der Waals surface area contributed by atoms with Crippen molar-refractivity contribution in [2.75, 3.05) is 29.9 Å². The highest BCUT2D eigenvalue weighted by Crippen LogP contribution is 2.25. The first-order valence-corrected chi connectivity index (χ1v) is 11.8. The molecule has 0 saturated heterocycles. The first-order valence-electron chi connectivity index (χ1n) is 9.46. The van der Waals surface area contributed by atoms with Gasteiger partial charge in [-0.1, -0.05) is 0 Å². The van der Waals surface area contributed by atoms with E-state index in [2.05, 4.69) is 10.3 Å². The van der Waals surface area contributed by atoms with Gasteiger partial charge in [0.2, 0.25) is 0 Å². The van der Waals surface area contributed by atoms with Crippen LogP contribution in [-0.4, -0.2) is 39.6 Å². The Morgan fingerprint density at radius 3 is 2.26 bits per heavy atom. The number of sulfonamides is 1. The predicted molar refractivity (Wildman–Crippen MR) is 121 cm³/mol. The highest BCUT2D eigenvalue weighted by atomic mass is 32.2. The summed E-state index contributed by atoms with van der Waals surface area (Å²) in [5, 5.41) is 5.02. The number of thiazole rings is 1. The number of carbonyl (C=O) groups is 1. The number of anilines is 2. The fraction of sp³-hybridized carbons (Fsp3) is 0.238. The van der Waals surface area contributed by atoms with Crippen LogP contribution in [0.5, 0.6) is 11.5 Å². The van der Waals surface area contributed by atoms with Gasteiger partial charge >= 0.3 is 0 Å². The molecule has 0 unspecified atom stereocenters. The zero-order valence-electron chi connectivity index (χ0n) is 17.4. The molecule has 3 rings (SSSR count). The molecule has 164 valence electrons. The van der Waals surface area contributed by atoms with E-state index < -0.39 is 10.0 Å². The molecule has 0 saturated carbocycles. The highest BCUT2D eigenvalue weighted by Gasteiger charge is 2.21. The zero-order chi connectivity index (χ0) is 22.4. The van der Waals surface area contributed by atoms with Crippen molar-refractivity contribution in [1.29, 1.82) is 0 Å². The summed E-state index contributed by atoms with van der Waals surface area (Å²) < 4.78 is 37.8. The van der Waals surface area contributed by atoms with Gasteiger partial charge in [0.15, 0.2) is 11.7 Å². The number of amides is 1. The molecule has 1 aromatic heterocycles. The minimum atomic E-state index is -3.73. The van der Waals surface area contributed by atoms with E-state index in [4.69, 9.17) is 9.47 Å². The van der Waals surface area contributed by atoms with E-state index in [1.807, 2.05) is 19.2 Å². The van der Waals surface area contributed by atoms with E-state index in [-0.39, 0.29) is 17.4 Å². The molecule has 31 heavy (non-hydrogen) atoms. The highest BCUT2D eigenvalue weighted by molar-refractivity contribution is 7.92. The van der Waals surface area contributed by atoms with E-state index in [9.17, 15) is 13.2 Å². The lowest BCUT2D eigenvalue weighted by Gasteiger charge is -2.20. The van der Waals surface area contributed by atoms with Gasteiger partial charge in [0.1, 0.15) is 11.5 Å². The molecular formula is C21H23N3O5S2. The molecule has 1 N–H and O–H groups in total. The average molecular weight is 462 g/mol. The summed E-state index contributed by atoms with van der Waals surface area (Å²) in [6, 6.07) is 12.7. The molecule has 0 bridgehead atoms. The SMILES string of the molecule is CCOc1ccc(S(=O)(=O)N(C)c2ccc(OCC(=O)Nc3nc(C)cs3)cc2)cc1. The molecule has 10 heteroatoms. The molecule has 0 spiro atoms. The second kappa shape index (κ2) is 9.80. The number of nitrogens with one attached hydrogen (secondary N) is 1. The molecule has 0 aliphatic rings. The van der Waals surface area contributed by atoms with Gasteiger partial charge in [0, 0.05) is 12.4 Å². The van der Waals surface area contributed by atoms with Gasteiger partial charge in [0.25, 0.3) is 15.9 Å². The monoisotopic (exact) mass is 461 g/mol. The van der Waals surface area contributed by atoms with E-state index in [0.29, 0.717) is 28.9 Å². The number of hydrogen-bond donors (Lipinski definition) is 1. The minimum Gasteiger partial charge on any atom is -0.494 e. The number of nitrogens with zero attached hydrogens (tertiary/aromatic N) is 2. The third-order valence-electron chi connectivity index (χ3n) is 4.23. The molecule has 0 radical (unpaired) electrons. The van der Waals surface area contributed by atoms with Crippen LogP contribution in [-0.2, 0) is 14.8 Å². The number of aryl methyl sites for hydroxylation is 1. The van der Waals surface area contributed by atoms with Crippen LogP contribution < -0.4 is 19.1 Å². The summed E-state index contributed by atoms with van der Waals surface area (Å²) in [4.78, 5) is 16.3. The Balaban J connectivity index is 1.61. The van der Waals surface area contributed by atoms with Gasteiger partial charge in [-0.05, 0) is 62.4 Å². The van der Waals surface area contributed by atoms with E-state index in [1.54, 1.807) is 36.4 Å². The van der Waals surface area contributed by atoms with E-state index in [1.165, 1.54) is 34.8 Å². The van der Waals surface area contributed by atoms with Gasteiger partial charge in [-0.25, -0.2) is 13.4 Å². The second-order valence-electron chi connectivity index (χ2n) is 6.50. The number of benzene rings is 2. The summed E-state index contributed by atoms with van der Waals surface area (Å²) in [5.41, 5.74) is 1.30. The van der Waals surface area contributed by atoms with Crippen molar-refractivity contribution >= 4 is 38.1 Å². The smallest absolute Gasteiger partial charge is 0.264 e. The Hall–Kier alpha value is -3.11. The molecule has 0 aliphatic heterocycles. The zero-order valence-corrected chi connectivity index (χ0v) is 19.0. The number of rotatable bonds is 9. The normalized spacial score (nSPS) is 11.1. The van der Waals surface area contributed by atoms with Crippen LogP contribution >= 0.6 is 11.3 Å². The summed E-state index contributed by atoms with van der Waals surface area (Å²) in [6.07, 6.45) is 0. The quantitative estimate of drug-likeness (QED) is 0.522. The van der Waals surface area contributed by atoms with Gasteiger partial charge in [-0.15, -0.1) is 11.3 Å². The lowest BCUT2D eigenvalue weighted by molar-refractivity contribution is -0.118. The van der Waals surface area contributed by atoms with Crippen molar-refractivity contribution in [1.82, 2.24) is 4.98 Å². The third-order valence-corrected chi connectivity index (χ3v) is 6.90. The summed E-state index contributed by atoms with van der Waals surface area (Å²) >= 11 is 1.34. The summed E-state index contributed by atoms with van der Waals surface area (Å²) in [5.74, 6) is 0.731. The van der Waals surface area contributed by atoms with Gasteiger partial charge in [-0.3, -0.25) is 14.4 Å². The van der Waals surface area contributed by atoms with Gasteiger partial charge in [-0.2, -0.15) is 0 Å². The Kier molecular flexibility index (Phi) is 7.13. The van der Waals surface area contributed by atoms with Crippen LogP contribution in [0.4, 0.5) is 10.8 Å². The fourth-order valence-electron chi connectivity index (χ4n) is 2.64. The Morgan fingerprint density at radius 1 is 1.06 bits per heavy atom. The van der Waals surface area contributed by atoms with Crippen LogP contribution in [0.2, 0.25) is 0 Å². The first-order chi connectivity index (χ1) is 14.8. The first kappa shape index (κ1) is 22.6.